The van der Waals surface area contributed by atoms with Crippen LogP contribution in [-0.4, -0.2) is 24.8 Å². The van der Waals surface area contributed by atoms with Crippen LogP contribution < -0.4 is 9.47 Å². The number of aliphatic carboxylic acids is 1. The lowest BCUT2D eigenvalue weighted by Gasteiger charge is -2.19. The molecule has 0 amide bonds. The van der Waals surface area contributed by atoms with E-state index >= 15 is 0 Å². The van der Waals surface area contributed by atoms with Crippen LogP contribution >= 0.6 is 0 Å². The van der Waals surface area contributed by atoms with Crippen LogP contribution in [0.2, 0.25) is 0 Å². The van der Waals surface area contributed by atoms with Gasteiger partial charge in [-0.15, -0.1) is 0 Å². The fourth-order valence-electron chi connectivity index (χ4n) is 2.19. The maximum atomic E-state index is 10.6. The molecule has 1 heterocycles. The summed E-state index contributed by atoms with van der Waals surface area (Å²) in [4.78, 5) is 10.6. The summed E-state index contributed by atoms with van der Waals surface area (Å²) in [5.41, 5.74) is 3.87. The first-order chi connectivity index (χ1) is 11.0. The van der Waals surface area contributed by atoms with Crippen molar-refractivity contribution in [2.45, 2.75) is 13.8 Å². The number of hydrogen-bond donors (Lipinski definition) is 1. The van der Waals surface area contributed by atoms with E-state index in [-0.39, 0.29) is 0 Å². The lowest BCUT2D eigenvalue weighted by molar-refractivity contribution is -0.131. The molecule has 4 heteroatoms. The Morgan fingerprint density at radius 2 is 2.13 bits per heavy atom. The van der Waals surface area contributed by atoms with Crippen molar-refractivity contribution in [1.82, 2.24) is 0 Å². The van der Waals surface area contributed by atoms with Gasteiger partial charge in [-0.05, 0) is 48.8 Å². The number of carbonyl (C=O) groups is 1. The van der Waals surface area contributed by atoms with Crippen LogP contribution in [-0.2, 0) is 4.79 Å². The molecule has 0 unspecified atom stereocenters. The highest BCUT2D eigenvalue weighted by Gasteiger charge is 2.13. The molecule has 0 fully saturated rings. The molecule has 0 saturated carbocycles. The van der Waals surface area contributed by atoms with E-state index in [1.165, 1.54) is 6.08 Å². The molecular weight excluding hydrogens is 292 g/mol. The molecule has 0 saturated heterocycles. The van der Waals surface area contributed by atoms with Gasteiger partial charge in [0.1, 0.15) is 18.1 Å². The second kappa shape index (κ2) is 7.49. The van der Waals surface area contributed by atoms with Crippen molar-refractivity contribution in [3.8, 4) is 11.5 Å². The van der Waals surface area contributed by atoms with Crippen LogP contribution in [0.3, 0.4) is 0 Å². The van der Waals surface area contributed by atoms with Gasteiger partial charge in [0.05, 0.1) is 7.11 Å². The van der Waals surface area contributed by atoms with Gasteiger partial charge in [-0.2, -0.15) is 0 Å². The summed E-state index contributed by atoms with van der Waals surface area (Å²) in [6, 6.07) is 5.75. The Labute approximate surface area is 136 Å². The van der Waals surface area contributed by atoms with Crippen molar-refractivity contribution in [3.05, 3.63) is 64.8 Å². The van der Waals surface area contributed by atoms with Gasteiger partial charge in [0.15, 0.2) is 0 Å². The Bertz CT molecular complexity index is 721. The molecule has 1 aliphatic heterocycles. The van der Waals surface area contributed by atoms with Crippen molar-refractivity contribution in [2.75, 3.05) is 13.7 Å². The molecule has 0 radical (unpaired) electrons. The smallest absolute Gasteiger partial charge is 0.328 e. The zero-order chi connectivity index (χ0) is 16.8. The number of carboxylic acid groups (broad SMARTS) is 1. The molecule has 1 N–H and O–H groups in total. The molecule has 0 aliphatic carbocycles. The number of allylic oxidation sites excluding steroid dienone is 4. The second-order valence-corrected chi connectivity index (χ2v) is 5.30. The number of benzene rings is 1. The predicted octanol–water partition coefficient (Wildman–Crippen LogP) is 4.00. The second-order valence-electron chi connectivity index (χ2n) is 5.30. The van der Waals surface area contributed by atoms with Crippen molar-refractivity contribution in [3.63, 3.8) is 0 Å². The van der Waals surface area contributed by atoms with Crippen molar-refractivity contribution in [2.24, 2.45) is 0 Å². The van der Waals surface area contributed by atoms with E-state index in [1.807, 2.05) is 37.3 Å². The summed E-state index contributed by atoms with van der Waals surface area (Å²) in [5.74, 6) is 0.649. The standard InChI is InChI=1S/C19H20O4/c1-13(9-19(20)21)5-4-6-14(2)16-10-15-7-8-17(22-3)11-18(15)23-12-16/h4-11H,12H2,1-3H3,(H,20,21)/b5-4+,13-9+,14-6-. The highest BCUT2D eigenvalue weighted by molar-refractivity contribution is 5.81. The molecule has 23 heavy (non-hydrogen) atoms. The number of fused-ring (bicyclic) bond motifs is 1. The van der Waals surface area contributed by atoms with Crippen LogP contribution in [0.5, 0.6) is 11.5 Å². The normalized spacial score (nSPS) is 15.0. The molecular formula is C19H20O4. The van der Waals surface area contributed by atoms with Gasteiger partial charge in [-0.25, -0.2) is 4.79 Å². The highest BCUT2D eigenvalue weighted by Crippen LogP contribution is 2.32. The summed E-state index contributed by atoms with van der Waals surface area (Å²) in [6.07, 6.45) is 8.82. The van der Waals surface area contributed by atoms with Gasteiger partial charge in [0, 0.05) is 17.7 Å². The fourth-order valence-corrected chi connectivity index (χ4v) is 2.19. The van der Waals surface area contributed by atoms with E-state index in [1.54, 1.807) is 20.1 Å². The summed E-state index contributed by atoms with van der Waals surface area (Å²) in [7, 11) is 1.63. The quantitative estimate of drug-likeness (QED) is 0.659. The van der Waals surface area contributed by atoms with Crippen LogP contribution in [0.1, 0.15) is 19.4 Å². The molecule has 120 valence electrons. The van der Waals surface area contributed by atoms with E-state index in [9.17, 15) is 4.79 Å². The summed E-state index contributed by atoms with van der Waals surface area (Å²) in [6.45, 7) is 4.25. The maximum Gasteiger partial charge on any atom is 0.328 e. The minimum atomic E-state index is -0.941. The van der Waals surface area contributed by atoms with Crippen LogP contribution in [0, 0.1) is 0 Å². The van der Waals surface area contributed by atoms with Crippen molar-refractivity contribution in [1.29, 1.82) is 0 Å². The average molecular weight is 312 g/mol. The molecule has 1 aromatic rings. The van der Waals surface area contributed by atoms with Gasteiger partial charge in [0.2, 0.25) is 0 Å². The van der Waals surface area contributed by atoms with E-state index in [2.05, 4.69) is 6.08 Å². The summed E-state index contributed by atoms with van der Waals surface area (Å²) in [5, 5.41) is 8.67. The fraction of sp³-hybridized carbons (Fsp3) is 0.211. The lowest BCUT2D eigenvalue weighted by atomic mass is 10.0. The van der Waals surface area contributed by atoms with E-state index in [0.717, 1.165) is 28.2 Å². The van der Waals surface area contributed by atoms with Gasteiger partial charge in [0.25, 0.3) is 0 Å². The number of methoxy groups -OCH3 is 1. The Balaban J connectivity index is 2.15. The molecule has 4 nitrogen and oxygen atoms in total. The molecule has 1 aliphatic rings. The SMILES string of the molecule is COc1ccc2c(c1)OCC(\C(C)=C/C=C/C(C)=C/C(=O)O)=C2. The number of hydrogen-bond acceptors (Lipinski definition) is 3. The van der Waals surface area contributed by atoms with Crippen LogP contribution in [0.15, 0.2) is 59.2 Å². The minimum Gasteiger partial charge on any atom is -0.497 e. The third-order valence-corrected chi connectivity index (χ3v) is 3.50. The molecule has 0 bridgehead atoms. The van der Waals surface area contributed by atoms with E-state index in [4.69, 9.17) is 14.6 Å². The molecule has 0 atom stereocenters. The molecule has 0 aromatic heterocycles. The number of rotatable bonds is 5. The Hall–Kier alpha value is -2.75. The first kappa shape index (κ1) is 16.6. The molecule has 0 spiro atoms. The van der Waals surface area contributed by atoms with Crippen LogP contribution in [0.25, 0.3) is 6.08 Å². The zero-order valence-corrected chi connectivity index (χ0v) is 13.5. The molecule has 1 aromatic carbocycles. The largest absolute Gasteiger partial charge is 0.497 e. The Morgan fingerprint density at radius 1 is 1.35 bits per heavy atom. The highest BCUT2D eigenvalue weighted by atomic mass is 16.5. The summed E-state index contributed by atoms with van der Waals surface area (Å²) < 4.78 is 11.0. The van der Waals surface area contributed by atoms with Crippen molar-refractivity contribution < 1.29 is 19.4 Å². The Morgan fingerprint density at radius 3 is 2.83 bits per heavy atom. The number of ether oxygens (including phenoxy) is 2. The third-order valence-electron chi connectivity index (χ3n) is 3.50. The zero-order valence-electron chi connectivity index (χ0n) is 13.5. The van der Waals surface area contributed by atoms with Gasteiger partial charge < -0.3 is 14.6 Å². The van der Waals surface area contributed by atoms with Crippen molar-refractivity contribution >= 4 is 12.0 Å². The monoisotopic (exact) mass is 312 g/mol. The first-order valence-electron chi connectivity index (χ1n) is 7.27. The average Bonchev–Trinajstić information content (AvgIpc) is 2.53. The maximum absolute atomic E-state index is 10.6. The summed E-state index contributed by atoms with van der Waals surface area (Å²) >= 11 is 0. The molecule has 2 rings (SSSR count). The predicted molar refractivity (Wildman–Crippen MR) is 90.8 cm³/mol. The van der Waals surface area contributed by atoms with Crippen LogP contribution in [0.4, 0.5) is 0 Å². The lowest BCUT2D eigenvalue weighted by Crippen LogP contribution is -2.08. The topological polar surface area (TPSA) is 55.8 Å². The number of carboxylic acids is 1. The van der Waals surface area contributed by atoms with E-state index in [0.29, 0.717) is 12.2 Å². The third kappa shape index (κ3) is 4.61. The van der Waals surface area contributed by atoms with Gasteiger partial charge >= 0.3 is 5.97 Å². The Kier molecular flexibility index (Phi) is 5.41. The first-order valence-corrected chi connectivity index (χ1v) is 7.27. The van der Waals surface area contributed by atoms with Gasteiger partial charge in [-0.3, -0.25) is 0 Å². The van der Waals surface area contributed by atoms with Gasteiger partial charge in [-0.1, -0.05) is 18.2 Å². The van der Waals surface area contributed by atoms with E-state index < -0.39 is 5.97 Å². The minimum absolute atomic E-state index is 0.500.